The van der Waals surface area contributed by atoms with Crippen molar-refractivity contribution in [3.63, 3.8) is 0 Å². The van der Waals surface area contributed by atoms with Gasteiger partial charge in [-0.2, -0.15) is 0 Å². The summed E-state index contributed by atoms with van der Waals surface area (Å²) in [5.41, 5.74) is 8.28. The second kappa shape index (κ2) is 13.5. The molecule has 3 aromatic rings. The van der Waals surface area contributed by atoms with Gasteiger partial charge in [0.05, 0.1) is 13.2 Å². The summed E-state index contributed by atoms with van der Waals surface area (Å²) in [5.74, 6) is 0. The molecule has 0 fully saturated rings. The van der Waals surface area contributed by atoms with Gasteiger partial charge in [0.15, 0.2) is 0 Å². The molecule has 0 amide bonds. The highest BCUT2D eigenvalue weighted by atomic mass is 16.5. The normalized spacial score (nSPS) is 11.2. The third kappa shape index (κ3) is 7.98. The molecule has 0 N–H and O–H groups in total. The minimum atomic E-state index is 0.672. The van der Waals surface area contributed by atoms with Gasteiger partial charge < -0.3 is 4.74 Å². The van der Waals surface area contributed by atoms with E-state index in [-0.39, 0.29) is 0 Å². The van der Waals surface area contributed by atoms with E-state index in [1.54, 1.807) is 0 Å². The lowest BCUT2D eigenvalue weighted by molar-refractivity contribution is 0.148. The van der Waals surface area contributed by atoms with E-state index < -0.39 is 0 Å². The number of benzene rings is 3. The van der Waals surface area contributed by atoms with Crippen molar-refractivity contribution in [1.29, 1.82) is 0 Å². The first-order chi connectivity index (χ1) is 15.8. The molecule has 0 aromatic heterocycles. The largest absolute Gasteiger partial charge is 0.373 e. The van der Waals surface area contributed by atoms with Gasteiger partial charge in [-0.25, -0.2) is 0 Å². The molecule has 0 radical (unpaired) electrons. The van der Waals surface area contributed by atoms with Gasteiger partial charge in [-0.3, -0.25) is 0 Å². The molecule has 0 heterocycles. The fourth-order valence-corrected chi connectivity index (χ4v) is 3.86. The quantitative estimate of drug-likeness (QED) is 0.204. The summed E-state index contributed by atoms with van der Waals surface area (Å²) in [6.45, 7) is 7.17. The first-order valence-corrected chi connectivity index (χ1v) is 11.8. The highest BCUT2D eigenvalue weighted by Crippen LogP contribution is 2.16. The predicted octanol–water partition coefficient (Wildman–Crippen LogP) is 7.47. The molecule has 0 saturated heterocycles. The topological polar surface area (TPSA) is 9.23 Å². The SMILES string of the molecule is C=CCCc1ccc(CCc2ccc(CCc3ccccc3COCC=CC)cc2)cc1. The fourth-order valence-electron chi connectivity index (χ4n) is 3.86. The number of hydrogen-bond acceptors (Lipinski definition) is 1. The standard InChI is InChI=1S/C31H36O/c1-3-5-9-26-12-14-27(15-13-26)16-17-28-18-20-29(21-19-28)22-23-30-10-7-8-11-31(30)25-32-24-6-4-2/h3-4,6-8,10-15,18-21H,1,5,9,16-17,22-25H2,2H3. The Hall–Kier alpha value is -2.90. The van der Waals surface area contributed by atoms with Crippen LogP contribution in [0.4, 0.5) is 0 Å². The van der Waals surface area contributed by atoms with Crippen LogP contribution in [0.3, 0.4) is 0 Å². The average molecular weight is 425 g/mol. The maximum absolute atomic E-state index is 5.76. The number of hydrogen-bond donors (Lipinski definition) is 0. The Morgan fingerprint density at radius 2 is 1.16 bits per heavy atom. The van der Waals surface area contributed by atoms with Gasteiger partial charge >= 0.3 is 0 Å². The fraction of sp³-hybridized carbons (Fsp3) is 0.290. The average Bonchev–Trinajstić information content (AvgIpc) is 2.84. The van der Waals surface area contributed by atoms with Crippen molar-refractivity contribution < 1.29 is 4.74 Å². The van der Waals surface area contributed by atoms with Crippen LogP contribution in [0.2, 0.25) is 0 Å². The Balaban J connectivity index is 1.47. The van der Waals surface area contributed by atoms with E-state index in [0.29, 0.717) is 13.2 Å². The van der Waals surface area contributed by atoms with Gasteiger partial charge in [-0.05, 0) is 78.8 Å². The lowest BCUT2D eigenvalue weighted by atomic mass is 9.98. The summed E-state index contributed by atoms with van der Waals surface area (Å²) in [7, 11) is 0. The van der Waals surface area contributed by atoms with Crippen LogP contribution in [0.1, 0.15) is 46.7 Å². The van der Waals surface area contributed by atoms with Gasteiger partial charge in [0.25, 0.3) is 0 Å². The zero-order valence-corrected chi connectivity index (χ0v) is 19.4. The van der Waals surface area contributed by atoms with E-state index in [4.69, 9.17) is 4.74 Å². The van der Waals surface area contributed by atoms with E-state index in [0.717, 1.165) is 38.5 Å². The Morgan fingerprint density at radius 3 is 1.69 bits per heavy atom. The molecule has 32 heavy (non-hydrogen) atoms. The molecule has 0 saturated carbocycles. The van der Waals surface area contributed by atoms with E-state index >= 15 is 0 Å². The molecular formula is C31H36O. The Kier molecular flexibility index (Phi) is 10.0. The van der Waals surface area contributed by atoms with Crippen molar-refractivity contribution in [3.05, 3.63) is 131 Å². The van der Waals surface area contributed by atoms with Crippen LogP contribution < -0.4 is 0 Å². The summed E-state index contributed by atoms with van der Waals surface area (Å²) in [5, 5.41) is 0. The molecule has 166 valence electrons. The Bertz CT molecular complexity index is 964. The summed E-state index contributed by atoms with van der Waals surface area (Å²) in [4.78, 5) is 0. The molecule has 0 bridgehead atoms. The van der Waals surface area contributed by atoms with Crippen LogP contribution in [-0.4, -0.2) is 6.61 Å². The predicted molar refractivity (Wildman–Crippen MR) is 137 cm³/mol. The van der Waals surface area contributed by atoms with E-state index in [9.17, 15) is 0 Å². The van der Waals surface area contributed by atoms with E-state index in [2.05, 4.69) is 79.4 Å². The van der Waals surface area contributed by atoms with Crippen molar-refractivity contribution >= 4 is 0 Å². The Labute approximate surface area is 194 Å². The van der Waals surface area contributed by atoms with Crippen LogP contribution >= 0.6 is 0 Å². The minimum Gasteiger partial charge on any atom is -0.373 e. The molecule has 1 heteroatoms. The minimum absolute atomic E-state index is 0.672. The second-order valence-corrected chi connectivity index (χ2v) is 8.31. The first-order valence-electron chi connectivity index (χ1n) is 11.8. The summed E-state index contributed by atoms with van der Waals surface area (Å²) in [6.07, 6.45) is 12.4. The highest BCUT2D eigenvalue weighted by Gasteiger charge is 2.04. The number of ether oxygens (including phenoxy) is 1. The van der Waals surface area contributed by atoms with Crippen LogP contribution in [0.5, 0.6) is 0 Å². The first kappa shape index (κ1) is 23.8. The molecule has 0 atom stereocenters. The van der Waals surface area contributed by atoms with Gasteiger partial charge in [0.1, 0.15) is 0 Å². The van der Waals surface area contributed by atoms with Crippen molar-refractivity contribution in [2.24, 2.45) is 0 Å². The third-order valence-corrected chi connectivity index (χ3v) is 5.89. The molecule has 3 aromatic carbocycles. The molecule has 0 unspecified atom stereocenters. The highest BCUT2D eigenvalue weighted by molar-refractivity contribution is 5.30. The summed E-state index contributed by atoms with van der Waals surface area (Å²) < 4.78 is 5.76. The zero-order chi connectivity index (χ0) is 22.4. The summed E-state index contributed by atoms with van der Waals surface area (Å²) in [6, 6.07) is 26.8. The monoisotopic (exact) mass is 424 g/mol. The molecule has 1 nitrogen and oxygen atoms in total. The van der Waals surface area contributed by atoms with Gasteiger partial charge in [0.2, 0.25) is 0 Å². The molecular weight excluding hydrogens is 388 g/mol. The smallest absolute Gasteiger partial charge is 0.0723 e. The number of allylic oxidation sites excluding steroid dienone is 2. The number of rotatable bonds is 13. The Morgan fingerprint density at radius 1 is 0.656 bits per heavy atom. The van der Waals surface area contributed by atoms with Crippen LogP contribution in [0, 0.1) is 0 Å². The van der Waals surface area contributed by atoms with E-state index in [1.165, 1.54) is 33.4 Å². The molecule has 0 aliphatic carbocycles. The van der Waals surface area contributed by atoms with Crippen molar-refractivity contribution in [2.45, 2.75) is 52.1 Å². The molecule has 0 aliphatic heterocycles. The van der Waals surface area contributed by atoms with E-state index in [1.807, 2.05) is 25.2 Å². The maximum Gasteiger partial charge on any atom is 0.0723 e. The van der Waals surface area contributed by atoms with Crippen molar-refractivity contribution in [2.75, 3.05) is 6.61 Å². The van der Waals surface area contributed by atoms with Crippen LogP contribution in [0.25, 0.3) is 0 Å². The summed E-state index contributed by atoms with van der Waals surface area (Å²) >= 11 is 0. The van der Waals surface area contributed by atoms with Crippen LogP contribution in [-0.2, 0) is 43.4 Å². The molecule has 0 aliphatic rings. The van der Waals surface area contributed by atoms with Gasteiger partial charge in [0, 0.05) is 0 Å². The second-order valence-electron chi connectivity index (χ2n) is 8.31. The third-order valence-electron chi connectivity index (χ3n) is 5.89. The van der Waals surface area contributed by atoms with Crippen molar-refractivity contribution in [3.8, 4) is 0 Å². The van der Waals surface area contributed by atoms with Crippen molar-refractivity contribution in [1.82, 2.24) is 0 Å². The lowest BCUT2D eigenvalue weighted by Gasteiger charge is -2.10. The lowest BCUT2D eigenvalue weighted by Crippen LogP contribution is -2.00. The number of aryl methyl sites for hydroxylation is 5. The molecule has 3 rings (SSSR count). The zero-order valence-electron chi connectivity index (χ0n) is 19.4. The van der Waals surface area contributed by atoms with Crippen LogP contribution in [0.15, 0.2) is 97.6 Å². The van der Waals surface area contributed by atoms with Gasteiger partial charge in [-0.1, -0.05) is 91.0 Å². The van der Waals surface area contributed by atoms with Gasteiger partial charge in [-0.15, -0.1) is 6.58 Å². The molecule has 0 spiro atoms. The maximum atomic E-state index is 5.76.